The van der Waals surface area contributed by atoms with Gasteiger partial charge in [0, 0.05) is 6.42 Å². The van der Waals surface area contributed by atoms with E-state index in [1.54, 1.807) is 13.8 Å². The third-order valence-corrected chi connectivity index (χ3v) is 1.89. The van der Waals surface area contributed by atoms with Gasteiger partial charge in [-0.3, -0.25) is 0 Å². The van der Waals surface area contributed by atoms with Gasteiger partial charge >= 0.3 is 5.97 Å². The van der Waals surface area contributed by atoms with Crippen LogP contribution in [0.3, 0.4) is 0 Å². The lowest BCUT2D eigenvalue weighted by Crippen LogP contribution is -2.39. The molecule has 1 N–H and O–H groups in total. The SMILES string of the molecule is CC1=CCCC(C)(C(=O)O)O1. The maximum Gasteiger partial charge on any atom is 0.347 e. The summed E-state index contributed by atoms with van der Waals surface area (Å²) in [5.74, 6) is -0.175. The first kappa shape index (κ1) is 8.11. The fourth-order valence-corrected chi connectivity index (χ4v) is 1.15. The zero-order valence-corrected chi connectivity index (χ0v) is 6.76. The van der Waals surface area contributed by atoms with Crippen molar-refractivity contribution in [3.8, 4) is 0 Å². The zero-order valence-electron chi connectivity index (χ0n) is 6.76. The third-order valence-electron chi connectivity index (χ3n) is 1.89. The number of rotatable bonds is 1. The molecule has 0 fully saturated rings. The van der Waals surface area contributed by atoms with Crippen molar-refractivity contribution in [1.29, 1.82) is 0 Å². The highest BCUT2D eigenvalue weighted by molar-refractivity contribution is 5.77. The molecule has 0 radical (unpaired) electrons. The van der Waals surface area contributed by atoms with Crippen molar-refractivity contribution < 1.29 is 14.6 Å². The molecule has 0 spiro atoms. The molecule has 1 aliphatic rings. The molecule has 1 aliphatic heterocycles. The highest BCUT2D eigenvalue weighted by Gasteiger charge is 2.36. The van der Waals surface area contributed by atoms with Crippen LogP contribution in [0.5, 0.6) is 0 Å². The molecule has 0 saturated heterocycles. The molecule has 0 aromatic rings. The molecule has 0 saturated carbocycles. The Labute approximate surface area is 65.7 Å². The van der Waals surface area contributed by atoms with Crippen LogP contribution in [0.2, 0.25) is 0 Å². The van der Waals surface area contributed by atoms with Crippen molar-refractivity contribution in [3.05, 3.63) is 11.8 Å². The fraction of sp³-hybridized carbons (Fsp3) is 0.625. The van der Waals surface area contributed by atoms with Crippen LogP contribution in [-0.4, -0.2) is 16.7 Å². The van der Waals surface area contributed by atoms with E-state index < -0.39 is 11.6 Å². The Morgan fingerprint density at radius 2 is 2.45 bits per heavy atom. The molecular formula is C8H12O3. The normalized spacial score (nSPS) is 30.5. The summed E-state index contributed by atoms with van der Waals surface area (Å²) in [5, 5.41) is 8.76. The Bertz CT molecular complexity index is 207. The summed E-state index contributed by atoms with van der Waals surface area (Å²) in [4.78, 5) is 10.7. The Kier molecular flexibility index (Phi) is 1.89. The molecule has 1 unspecified atom stereocenters. The molecule has 3 nitrogen and oxygen atoms in total. The number of hydrogen-bond donors (Lipinski definition) is 1. The van der Waals surface area contributed by atoms with Crippen molar-refractivity contribution >= 4 is 5.97 Å². The number of carboxylic acids is 1. The van der Waals surface area contributed by atoms with E-state index in [9.17, 15) is 4.79 Å². The Hall–Kier alpha value is -0.990. The molecule has 3 heteroatoms. The van der Waals surface area contributed by atoms with Gasteiger partial charge in [-0.05, 0) is 26.3 Å². The second-order valence-electron chi connectivity index (χ2n) is 2.99. The molecule has 1 atom stereocenters. The Morgan fingerprint density at radius 1 is 1.82 bits per heavy atom. The van der Waals surface area contributed by atoms with E-state index in [0.717, 1.165) is 6.42 Å². The number of carbonyl (C=O) groups is 1. The Balaban J connectivity index is 2.76. The summed E-state index contributed by atoms with van der Waals surface area (Å²) in [7, 11) is 0. The third kappa shape index (κ3) is 1.53. The average Bonchev–Trinajstić information content (AvgIpc) is 1.86. The van der Waals surface area contributed by atoms with Crippen LogP contribution in [0, 0.1) is 0 Å². The van der Waals surface area contributed by atoms with Gasteiger partial charge in [-0.2, -0.15) is 0 Å². The first-order valence-corrected chi connectivity index (χ1v) is 3.64. The second kappa shape index (κ2) is 2.57. The van der Waals surface area contributed by atoms with Gasteiger partial charge in [-0.25, -0.2) is 4.79 Å². The highest BCUT2D eigenvalue weighted by atomic mass is 16.5. The van der Waals surface area contributed by atoms with E-state index in [4.69, 9.17) is 9.84 Å². The van der Waals surface area contributed by atoms with Gasteiger partial charge in [-0.15, -0.1) is 0 Å². The molecule has 1 rings (SSSR count). The maximum absolute atomic E-state index is 10.7. The van der Waals surface area contributed by atoms with E-state index in [1.807, 2.05) is 6.08 Å². The predicted octanol–water partition coefficient (Wildman–Crippen LogP) is 1.54. The van der Waals surface area contributed by atoms with Gasteiger partial charge < -0.3 is 9.84 Å². The van der Waals surface area contributed by atoms with Crippen LogP contribution in [0.1, 0.15) is 26.7 Å². The minimum absolute atomic E-state index is 0.555. The fourth-order valence-electron chi connectivity index (χ4n) is 1.15. The van der Waals surface area contributed by atoms with Crippen LogP contribution in [-0.2, 0) is 9.53 Å². The number of hydrogen-bond acceptors (Lipinski definition) is 2. The van der Waals surface area contributed by atoms with Gasteiger partial charge in [-0.1, -0.05) is 0 Å². The molecule has 11 heavy (non-hydrogen) atoms. The summed E-state index contributed by atoms with van der Waals surface area (Å²) < 4.78 is 5.20. The lowest BCUT2D eigenvalue weighted by molar-refractivity contribution is -0.160. The zero-order chi connectivity index (χ0) is 8.48. The first-order valence-electron chi connectivity index (χ1n) is 3.64. The van der Waals surface area contributed by atoms with Gasteiger partial charge in [0.2, 0.25) is 5.60 Å². The predicted molar refractivity (Wildman–Crippen MR) is 40.1 cm³/mol. The van der Waals surface area contributed by atoms with Crippen molar-refractivity contribution in [2.45, 2.75) is 32.3 Å². The average molecular weight is 156 g/mol. The van der Waals surface area contributed by atoms with Gasteiger partial charge in [0.05, 0.1) is 5.76 Å². The highest BCUT2D eigenvalue weighted by Crippen LogP contribution is 2.26. The summed E-state index contributed by atoms with van der Waals surface area (Å²) in [6, 6.07) is 0. The molecule has 0 aromatic carbocycles. The molecule has 0 amide bonds. The quantitative estimate of drug-likeness (QED) is 0.626. The minimum atomic E-state index is -1.00. The lowest BCUT2D eigenvalue weighted by atomic mass is 9.97. The largest absolute Gasteiger partial charge is 0.481 e. The molecule has 62 valence electrons. The van der Waals surface area contributed by atoms with Crippen molar-refractivity contribution in [2.24, 2.45) is 0 Å². The van der Waals surface area contributed by atoms with Crippen LogP contribution in [0.4, 0.5) is 0 Å². The van der Waals surface area contributed by atoms with Crippen LogP contribution >= 0.6 is 0 Å². The first-order chi connectivity index (χ1) is 5.04. The van der Waals surface area contributed by atoms with Gasteiger partial charge in [0.25, 0.3) is 0 Å². The monoisotopic (exact) mass is 156 g/mol. The summed E-state index contributed by atoms with van der Waals surface area (Å²) in [5.41, 5.74) is -1.00. The van der Waals surface area contributed by atoms with E-state index in [1.165, 1.54) is 0 Å². The molecule has 0 bridgehead atoms. The Morgan fingerprint density at radius 3 is 2.82 bits per heavy atom. The smallest absolute Gasteiger partial charge is 0.347 e. The second-order valence-corrected chi connectivity index (χ2v) is 2.99. The lowest BCUT2D eigenvalue weighted by Gasteiger charge is -2.29. The molecule has 0 aliphatic carbocycles. The summed E-state index contributed by atoms with van der Waals surface area (Å²) in [6.07, 6.45) is 3.25. The van der Waals surface area contributed by atoms with Crippen molar-refractivity contribution in [3.63, 3.8) is 0 Å². The van der Waals surface area contributed by atoms with E-state index in [-0.39, 0.29) is 0 Å². The topological polar surface area (TPSA) is 46.5 Å². The number of carboxylic acid groups (broad SMARTS) is 1. The number of aliphatic carboxylic acids is 1. The summed E-state index contributed by atoms with van der Waals surface area (Å²) in [6.45, 7) is 3.38. The maximum atomic E-state index is 10.7. The molecular weight excluding hydrogens is 144 g/mol. The van der Waals surface area contributed by atoms with Gasteiger partial charge in [0.15, 0.2) is 0 Å². The van der Waals surface area contributed by atoms with E-state index >= 15 is 0 Å². The van der Waals surface area contributed by atoms with Gasteiger partial charge in [0.1, 0.15) is 0 Å². The van der Waals surface area contributed by atoms with Crippen molar-refractivity contribution in [1.82, 2.24) is 0 Å². The van der Waals surface area contributed by atoms with Crippen molar-refractivity contribution in [2.75, 3.05) is 0 Å². The number of ether oxygens (including phenoxy) is 1. The molecule has 1 heterocycles. The van der Waals surface area contributed by atoms with Crippen LogP contribution < -0.4 is 0 Å². The van der Waals surface area contributed by atoms with Crippen LogP contribution in [0.15, 0.2) is 11.8 Å². The number of allylic oxidation sites excluding steroid dienone is 2. The van der Waals surface area contributed by atoms with Crippen LogP contribution in [0.25, 0.3) is 0 Å². The standard InChI is InChI=1S/C8H12O3/c1-6-4-3-5-8(2,11-6)7(9)10/h4H,3,5H2,1-2H3,(H,9,10). The summed E-state index contributed by atoms with van der Waals surface area (Å²) >= 11 is 0. The van der Waals surface area contributed by atoms with E-state index in [2.05, 4.69) is 0 Å². The van der Waals surface area contributed by atoms with E-state index in [0.29, 0.717) is 12.2 Å². The minimum Gasteiger partial charge on any atom is -0.481 e. The molecule has 0 aromatic heterocycles.